The molecule has 2 aromatic rings. The summed E-state index contributed by atoms with van der Waals surface area (Å²) < 4.78 is 6.95. The van der Waals surface area contributed by atoms with Crippen LogP contribution in [0, 0.1) is 0 Å². The molecule has 0 amide bonds. The van der Waals surface area contributed by atoms with Crippen LogP contribution in [0.2, 0.25) is 0 Å². The molecule has 1 fully saturated rings. The average Bonchev–Trinajstić information content (AvgIpc) is 2.95. The topological polar surface area (TPSA) is 79.0 Å². The fraction of sp³-hybridized carbons (Fsp3) is 0.643. The minimum absolute atomic E-state index is 0.289. The van der Waals surface area contributed by atoms with E-state index in [1.807, 2.05) is 13.0 Å². The van der Waals surface area contributed by atoms with Crippen molar-refractivity contribution in [3.8, 4) is 0 Å². The molecule has 3 rings (SSSR count). The zero-order chi connectivity index (χ0) is 15.5. The lowest BCUT2D eigenvalue weighted by molar-refractivity contribution is 0.122. The van der Waals surface area contributed by atoms with Crippen LogP contribution in [0.4, 0.5) is 5.82 Å². The summed E-state index contributed by atoms with van der Waals surface area (Å²) in [6.45, 7) is 6.61. The quantitative estimate of drug-likeness (QED) is 0.817. The van der Waals surface area contributed by atoms with Crippen LogP contribution >= 0.6 is 0 Å². The van der Waals surface area contributed by atoms with Crippen LogP contribution in [0.3, 0.4) is 0 Å². The van der Waals surface area contributed by atoms with Gasteiger partial charge in [-0.15, -0.1) is 0 Å². The summed E-state index contributed by atoms with van der Waals surface area (Å²) in [4.78, 5) is 13.2. The molecule has 3 heterocycles. The first-order valence-corrected chi connectivity index (χ1v) is 7.51. The second-order valence-corrected chi connectivity index (χ2v) is 5.65. The first-order chi connectivity index (χ1) is 10.7. The van der Waals surface area contributed by atoms with E-state index in [4.69, 9.17) is 4.74 Å². The van der Waals surface area contributed by atoms with Crippen LogP contribution < -0.4 is 4.90 Å². The highest BCUT2D eigenvalue weighted by atomic mass is 16.5. The van der Waals surface area contributed by atoms with Crippen LogP contribution in [0.25, 0.3) is 5.78 Å². The molecule has 0 unspecified atom stereocenters. The van der Waals surface area contributed by atoms with Gasteiger partial charge in [0, 0.05) is 45.9 Å². The van der Waals surface area contributed by atoms with Crippen LogP contribution in [0.5, 0.6) is 0 Å². The highest BCUT2D eigenvalue weighted by Crippen LogP contribution is 2.18. The van der Waals surface area contributed by atoms with Crippen LogP contribution in [0.1, 0.15) is 12.6 Å². The van der Waals surface area contributed by atoms with Gasteiger partial charge in [-0.25, -0.2) is 4.98 Å². The smallest absolute Gasteiger partial charge is 0.254 e. The Kier molecular flexibility index (Phi) is 4.51. The third kappa shape index (κ3) is 3.18. The Hall–Kier alpha value is -1.77. The number of piperazine rings is 1. The molecule has 1 N–H and O–H groups in total. The predicted octanol–water partition coefficient (Wildman–Crippen LogP) is -0.226. The summed E-state index contributed by atoms with van der Waals surface area (Å²) in [6, 6.07) is 2.01. The fourth-order valence-electron chi connectivity index (χ4n) is 2.82. The van der Waals surface area contributed by atoms with Crippen molar-refractivity contribution in [3.63, 3.8) is 0 Å². The molecule has 1 aliphatic rings. The summed E-state index contributed by atoms with van der Waals surface area (Å²) in [5.74, 6) is 1.59. The van der Waals surface area contributed by atoms with E-state index in [2.05, 4.69) is 24.9 Å². The Morgan fingerprint density at radius 1 is 1.32 bits per heavy atom. The maximum Gasteiger partial charge on any atom is 0.254 e. The summed E-state index contributed by atoms with van der Waals surface area (Å²) in [5, 5.41) is 13.8. The van der Waals surface area contributed by atoms with Crippen molar-refractivity contribution >= 4 is 11.6 Å². The number of nitrogens with zero attached hydrogens (tertiary/aromatic N) is 6. The van der Waals surface area contributed by atoms with Crippen molar-refractivity contribution in [2.24, 2.45) is 0 Å². The molecule has 2 aromatic heterocycles. The Morgan fingerprint density at radius 2 is 2.09 bits per heavy atom. The van der Waals surface area contributed by atoms with Gasteiger partial charge in [0.2, 0.25) is 0 Å². The van der Waals surface area contributed by atoms with E-state index >= 15 is 0 Å². The lowest BCUT2D eigenvalue weighted by Gasteiger charge is -2.36. The molecule has 0 saturated carbocycles. The van der Waals surface area contributed by atoms with Gasteiger partial charge >= 0.3 is 0 Å². The SMILES string of the molecule is COCc1cc(N2CCN(C[C@@H](C)O)CC2)n2ncnc2n1. The molecule has 8 heteroatoms. The van der Waals surface area contributed by atoms with E-state index in [1.54, 1.807) is 11.6 Å². The summed E-state index contributed by atoms with van der Waals surface area (Å²) in [7, 11) is 1.66. The lowest BCUT2D eigenvalue weighted by Crippen LogP contribution is -2.48. The minimum Gasteiger partial charge on any atom is -0.392 e. The number of rotatable bonds is 5. The molecule has 0 aromatic carbocycles. The Balaban J connectivity index is 1.80. The van der Waals surface area contributed by atoms with Gasteiger partial charge < -0.3 is 14.7 Å². The number of aromatic nitrogens is 4. The number of β-amino-alcohol motifs (C(OH)–C–C–N with tert-alkyl or cyclic N) is 1. The molecule has 0 aliphatic carbocycles. The van der Waals surface area contributed by atoms with Gasteiger partial charge in [-0.05, 0) is 6.92 Å². The van der Waals surface area contributed by atoms with E-state index < -0.39 is 0 Å². The molecule has 8 nitrogen and oxygen atoms in total. The van der Waals surface area contributed by atoms with E-state index in [0.717, 1.165) is 44.2 Å². The first kappa shape index (κ1) is 15.1. The highest BCUT2D eigenvalue weighted by molar-refractivity contribution is 5.47. The van der Waals surface area contributed by atoms with E-state index in [9.17, 15) is 5.11 Å². The van der Waals surface area contributed by atoms with Gasteiger partial charge in [-0.1, -0.05) is 0 Å². The monoisotopic (exact) mass is 306 g/mol. The molecule has 0 spiro atoms. The minimum atomic E-state index is -0.289. The number of ether oxygens (including phenoxy) is 1. The van der Waals surface area contributed by atoms with Crippen molar-refractivity contribution in [1.82, 2.24) is 24.5 Å². The molecule has 0 radical (unpaired) electrons. The number of fused-ring (bicyclic) bond motifs is 1. The van der Waals surface area contributed by atoms with Crippen molar-refractivity contribution in [3.05, 3.63) is 18.1 Å². The van der Waals surface area contributed by atoms with Gasteiger partial charge in [-0.3, -0.25) is 4.90 Å². The molecular weight excluding hydrogens is 284 g/mol. The largest absolute Gasteiger partial charge is 0.392 e. The van der Waals surface area contributed by atoms with E-state index in [1.165, 1.54) is 6.33 Å². The lowest BCUT2D eigenvalue weighted by atomic mass is 10.2. The number of hydrogen-bond acceptors (Lipinski definition) is 7. The fourth-order valence-corrected chi connectivity index (χ4v) is 2.82. The molecule has 1 atom stereocenters. The molecule has 120 valence electrons. The van der Waals surface area contributed by atoms with E-state index in [-0.39, 0.29) is 6.10 Å². The second kappa shape index (κ2) is 6.55. The molecular formula is C14H22N6O2. The normalized spacial score (nSPS) is 18.0. The second-order valence-electron chi connectivity index (χ2n) is 5.65. The first-order valence-electron chi connectivity index (χ1n) is 7.51. The Morgan fingerprint density at radius 3 is 2.77 bits per heavy atom. The van der Waals surface area contributed by atoms with Crippen molar-refractivity contribution in [2.45, 2.75) is 19.6 Å². The van der Waals surface area contributed by atoms with Gasteiger partial charge in [0.05, 0.1) is 18.4 Å². The summed E-state index contributed by atoms with van der Waals surface area (Å²) in [5.41, 5.74) is 0.851. The maximum absolute atomic E-state index is 9.50. The average molecular weight is 306 g/mol. The van der Waals surface area contributed by atoms with Crippen molar-refractivity contribution < 1.29 is 9.84 Å². The van der Waals surface area contributed by atoms with Crippen molar-refractivity contribution in [2.75, 3.05) is 44.7 Å². The number of methoxy groups -OCH3 is 1. The Labute approximate surface area is 129 Å². The van der Waals surface area contributed by atoms with Crippen molar-refractivity contribution in [1.29, 1.82) is 0 Å². The highest BCUT2D eigenvalue weighted by Gasteiger charge is 2.21. The van der Waals surface area contributed by atoms with Gasteiger partial charge in [-0.2, -0.15) is 14.6 Å². The number of hydrogen-bond donors (Lipinski definition) is 1. The number of aliphatic hydroxyl groups excluding tert-OH is 1. The van der Waals surface area contributed by atoms with E-state index in [0.29, 0.717) is 12.4 Å². The molecule has 1 aliphatic heterocycles. The van der Waals surface area contributed by atoms with Crippen LogP contribution in [-0.2, 0) is 11.3 Å². The third-order valence-electron chi connectivity index (χ3n) is 3.80. The van der Waals surface area contributed by atoms with Gasteiger partial charge in [0.1, 0.15) is 12.1 Å². The maximum atomic E-state index is 9.50. The van der Waals surface area contributed by atoms with Crippen LogP contribution in [-0.4, -0.2) is 75.5 Å². The summed E-state index contributed by atoms with van der Waals surface area (Å²) in [6.07, 6.45) is 1.23. The Bertz CT molecular complexity index is 621. The summed E-state index contributed by atoms with van der Waals surface area (Å²) >= 11 is 0. The standard InChI is InChI=1S/C14H22N6O2/c1-11(21)8-18-3-5-19(6-4-18)13-7-12(9-22-2)17-14-15-10-16-20(13)14/h7,10-11,21H,3-6,8-9H2,1-2H3/t11-/m1/s1. The zero-order valence-electron chi connectivity index (χ0n) is 13.0. The number of anilines is 1. The predicted molar refractivity (Wildman–Crippen MR) is 81.8 cm³/mol. The zero-order valence-corrected chi connectivity index (χ0v) is 13.0. The molecule has 1 saturated heterocycles. The third-order valence-corrected chi connectivity index (χ3v) is 3.80. The molecule has 22 heavy (non-hydrogen) atoms. The van der Waals surface area contributed by atoms with Gasteiger partial charge in [0.25, 0.3) is 5.78 Å². The van der Waals surface area contributed by atoms with Gasteiger partial charge in [0.15, 0.2) is 0 Å². The molecule has 0 bridgehead atoms. The number of aliphatic hydroxyl groups is 1. The van der Waals surface area contributed by atoms with Crippen LogP contribution in [0.15, 0.2) is 12.4 Å².